The van der Waals surface area contributed by atoms with E-state index >= 15 is 0 Å². The predicted molar refractivity (Wildman–Crippen MR) is 274 cm³/mol. The molecule has 0 spiro atoms. The standard InChI is InChI=1S/C44H77N13O16S2/c1-19(2)14-26(40(69)56-34(21(5)58)43(72)54-28(17-74)36(47)65)52-38(67)24(10-8-9-13-45)50-31(62)16-48-37(66)27(15-30(46)61)53-39(68)25(11-12-32(63)64)51-42(71)33(20(3)4)55-44(73)35(22(6)59)57-41(70)29(18-75)49-23(7)60/h19-22,24-29,33-35,58-59,74-75H,8-18,45H2,1-7H3,(H2,46,61)(H2,47,65)(H,48,66)(H,49,60)(H,50,62)(H,51,71)(H,52,67)(H,53,68)(H,54,72)(H,55,73)(H,56,69)(H,57,70)(H,63,64)/t21-,22-,24+,25+,26+,27+,28+,29+,33+,34+,35+/m1/s1. The molecule has 75 heavy (non-hydrogen) atoms. The quantitative estimate of drug-likeness (QED) is 0.0205. The van der Waals surface area contributed by atoms with Crippen molar-refractivity contribution in [3.63, 3.8) is 0 Å². The molecule has 0 saturated heterocycles. The topological polar surface area (TPSA) is 481 Å². The first kappa shape index (κ1) is 68.7. The van der Waals surface area contributed by atoms with Crippen molar-refractivity contribution in [1.29, 1.82) is 0 Å². The van der Waals surface area contributed by atoms with Gasteiger partial charge in [-0.3, -0.25) is 62.3 Å². The van der Waals surface area contributed by atoms with Gasteiger partial charge in [-0.05, 0) is 64.3 Å². The highest BCUT2D eigenvalue weighted by Gasteiger charge is 2.37. The number of aliphatic hydroxyl groups is 2. The minimum Gasteiger partial charge on any atom is -0.481 e. The predicted octanol–water partition coefficient (Wildman–Crippen LogP) is -6.84. The molecule has 0 bridgehead atoms. The fraction of sp³-hybridized carbons (Fsp3) is 0.705. The third kappa shape index (κ3) is 26.7. The molecule has 29 nitrogen and oxygen atoms in total. The maximum absolute atomic E-state index is 13.8. The van der Waals surface area contributed by atoms with Gasteiger partial charge in [-0.15, -0.1) is 0 Å². The first-order valence-electron chi connectivity index (χ1n) is 23.9. The molecule has 0 rings (SSSR count). The summed E-state index contributed by atoms with van der Waals surface area (Å²) in [4.78, 5) is 168. The third-order valence-electron chi connectivity index (χ3n) is 10.8. The van der Waals surface area contributed by atoms with E-state index in [1.165, 1.54) is 20.8 Å². The van der Waals surface area contributed by atoms with Gasteiger partial charge in [0.25, 0.3) is 0 Å². The first-order chi connectivity index (χ1) is 34.9. The molecule has 0 aliphatic carbocycles. The van der Waals surface area contributed by atoms with Gasteiger partial charge in [-0.25, -0.2) is 0 Å². The average molecular weight is 1110 g/mol. The van der Waals surface area contributed by atoms with Gasteiger partial charge in [0.15, 0.2) is 0 Å². The highest BCUT2D eigenvalue weighted by atomic mass is 32.1. The number of aliphatic carboxylic acids is 1. The van der Waals surface area contributed by atoms with E-state index in [4.69, 9.17) is 17.2 Å². The molecule has 0 radical (unpaired) electrons. The van der Waals surface area contributed by atoms with E-state index in [0.29, 0.717) is 6.42 Å². The summed E-state index contributed by atoms with van der Waals surface area (Å²) in [6, 6.07) is -13.5. The van der Waals surface area contributed by atoms with E-state index < -0.39 is 175 Å². The molecule has 0 aliphatic heterocycles. The second-order valence-corrected chi connectivity index (χ2v) is 19.0. The summed E-state index contributed by atoms with van der Waals surface area (Å²) in [5.41, 5.74) is 16.3. The normalized spacial score (nSPS) is 15.5. The van der Waals surface area contributed by atoms with Crippen LogP contribution < -0.4 is 70.4 Å². The number of hydrogen-bond acceptors (Lipinski definition) is 18. The zero-order chi connectivity index (χ0) is 57.9. The molecule has 0 fully saturated rings. The Kier molecular flexibility index (Phi) is 32.1. The number of nitrogens with one attached hydrogen (secondary N) is 10. The third-order valence-corrected chi connectivity index (χ3v) is 11.5. The summed E-state index contributed by atoms with van der Waals surface area (Å²) in [6.07, 6.45) is -4.59. The molecule has 11 atom stereocenters. The molecule has 0 aromatic heterocycles. The lowest BCUT2D eigenvalue weighted by Gasteiger charge is -2.29. The molecule has 31 heteroatoms. The Bertz CT molecular complexity index is 2010. The lowest BCUT2D eigenvalue weighted by atomic mass is 10.0. The minimum absolute atomic E-state index is 0.000331. The Balaban J connectivity index is 6.38. The number of carboxylic acid groups (broad SMARTS) is 1. The van der Waals surface area contributed by atoms with Crippen molar-refractivity contribution < 1.29 is 77.6 Å². The van der Waals surface area contributed by atoms with Crippen LogP contribution in [-0.4, -0.2) is 183 Å². The summed E-state index contributed by atoms with van der Waals surface area (Å²) in [5.74, 6) is -14.6. The average Bonchev–Trinajstić information content (AvgIpc) is 3.30. The number of unbranched alkanes of at least 4 members (excludes halogenated alkanes) is 1. The van der Waals surface area contributed by atoms with Crippen LogP contribution in [0.15, 0.2) is 0 Å². The number of thiol groups is 2. The Morgan fingerprint density at radius 1 is 0.507 bits per heavy atom. The molecule has 0 aliphatic rings. The summed E-state index contributed by atoms with van der Waals surface area (Å²) in [6.45, 7) is 9.24. The van der Waals surface area contributed by atoms with Crippen molar-refractivity contribution in [3.8, 4) is 0 Å². The van der Waals surface area contributed by atoms with Gasteiger partial charge in [0.05, 0.1) is 25.2 Å². The largest absolute Gasteiger partial charge is 0.481 e. The van der Waals surface area contributed by atoms with Crippen LogP contribution in [0.1, 0.15) is 93.4 Å². The molecule has 12 amide bonds. The molecule has 0 aromatic rings. The van der Waals surface area contributed by atoms with Gasteiger partial charge in [-0.2, -0.15) is 25.3 Å². The summed E-state index contributed by atoms with van der Waals surface area (Å²) in [7, 11) is 0. The van der Waals surface area contributed by atoms with Crippen molar-refractivity contribution in [2.75, 3.05) is 24.6 Å². The fourth-order valence-electron chi connectivity index (χ4n) is 6.76. The van der Waals surface area contributed by atoms with Crippen LogP contribution in [0.3, 0.4) is 0 Å². The Hall–Kier alpha value is -6.31. The van der Waals surface area contributed by atoms with Crippen molar-refractivity contribution >= 4 is 102 Å². The highest BCUT2D eigenvalue weighted by Crippen LogP contribution is 2.11. The number of hydrogen-bond donors (Lipinski definition) is 18. The number of rotatable bonds is 36. The lowest BCUT2D eigenvalue weighted by Crippen LogP contribution is -2.62. The Morgan fingerprint density at radius 2 is 0.947 bits per heavy atom. The number of aliphatic hydroxyl groups excluding tert-OH is 2. The van der Waals surface area contributed by atoms with Crippen LogP contribution >= 0.6 is 25.3 Å². The smallest absolute Gasteiger partial charge is 0.303 e. The second-order valence-electron chi connectivity index (χ2n) is 18.3. The van der Waals surface area contributed by atoms with Crippen LogP contribution in [0, 0.1) is 11.8 Å². The van der Waals surface area contributed by atoms with E-state index in [1.54, 1.807) is 13.8 Å². The molecule has 0 heterocycles. The molecule has 0 saturated carbocycles. The summed E-state index contributed by atoms with van der Waals surface area (Å²) in [5, 5.41) is 53.5. The second kappa shape index (κ2) is 35.0. The molecule has 19 N–H and O–H groups in total. The van der Waals surface area contributed by atoms with E-state index in [-0.39, 0.29) is 43.2 Å². The Morgan fingerprint density at radius 3 is 1.39 bits per heavy atom. The summed E-state index contributed by atoms with van der Waals surface area (Å²) < 4.78 is 0. The SMILES string of the molecule is CC(=O)N[C@@H](CS)C(=O)N[C@H](C(=O)N[C@H](C(=O)N[C@@H](CCC(=O)O)C(=O)N[C@@H](CC(N)=O)C(=O)NCC(=O)N[C@@H](CCCCN)C(=O)N[C@@H](CC(C)C)C(=O)N[C@H](C(=O)N[C@@H](CS)C(N)=O)[C@@H](C)O)C(C)C)[C@@H](C)O. The number of amides is 12. The van der Waals surface area contributed by atoms with Crippen molar-refractivity contribution in [2.45, 2.75) is 160 Å². The lowest BCUT2D eigenvalue weighted by molar-refractivity contribution is -0.139. The van der Waals surface area contributed by atoms with Gasteiger partial charge in [0, 0.05) is 24.9 Å². The van der Waals surface area contributed by atoms with Crippen LogP contribution in [0.5, 0.6) is 0 Å². The maximum Gasteiger partial charge on any atom is 0.303 e. The Labute approximate surface area is 445 Å². The fourth-order valence-corrected chi connectivity index (χ4v) is 7.29. The molecule has 0 unspecified atom stereocenters. The molecular formula is C44H77N13O16S2. The monoisotopic (exact) mass is 1110 g/mol. The number of primary amides is 2. The number of carboxylic acids is 1. The molecular weight excluding hydrogens is 1030 g/mol. The zero-order valence-electron chi connectivity index (χ0n) is 43.1. The van der Waals surface area contributed by atoms with Crippen LogP contribution in [0.2, 0.25) is 0 Å². The van der Waals surface area contributed by atoms with Gasteiger partial charge in [-0.1, -0.05) is 27.7 Å². The van der Waals surface area contributed by atoms with Crippen molar-refractivity contribution in [1.82, 2.24) is 53.2 Å². The zero-order valence-corrected chi connectivity index (χ0v) is 44.8. The van der Waals surface area contributed by atoms with E-state index in [9.17, 15) is 77.6 Å². The van der Waals surface area contributed by atoms with Crippen LogP contribution in [0.25, 0.3) is 0 Å². The number of carbonyl (C=O) groups excluding carboxylic acids is 12. The van der Waals surface area contributed by atoms with Crippen molar-refractivity contribution in [3.05, 3.63) is 0 Å². The molecule has 426 valence electrons. The summed E-state index contributed by atoms with van der Waals surface area (Å²) >= 11 is 7.98. The first-order valence-corrected chi connectivity index (χ1v) is 25.2. The van der Waals surface area contributed by atoms with E-state index in [2.05, 4.69) is 78.4 Å². The van der Waals surface area contributed by atoms with Gasteiger partial charge < -0.3 is 85.7 Å². The van der Waals surface area contributed by atoms with Gasteiger partial charge >= 0.3 is 5.97 Å². The van der Waals surface area contributed by atoms with Crippen LogP contribution in [0.4, 0.5) is 0 Å². The molecule has 0 aromatic carbocycles. The van der Waals surface area contributed by atoms with E-state index in [0.717, 1.165) is 13.8 Å². The van der Waals surface area contributed by atoms with E-state index in [1.807, 2.05) is 0 Å². The van der Waals surface area contributed by atoms with Gasteiger partial charge in [0.2, 0.25) is 70.9 Å². The maximum atomic E-state index is 13.8. The van der Waals surface area contributed by atoms with Crippen LogP contribution in [-0.2, 0) is 62.3 Å². The highest BCUT2D eigenvalue weighted by molar-refractivity contribution is 7.80. The van der Waals surface area contributed by atoms with Crippen molar-refractivity contribution in [2.24, 2.45) is 29.0 Å². The number of carbonyl (C=O) groups is 13. The number of nitrogens with two attached hydrogens (primary N) is 3. The minimum atomic E-state index is -1.84. The van der Waals surface area contributed by atoms with Gasteiger partial charge in [0.1, 0.15) is 54.4 Å².